The number of thiophene rings is 1. The van der Waals surface area contributed by atoms with Gasteiger partial charge in [0.05, 0.1) is 18.1 Å². The third-order valence-electron chi connectivity index (χ3n) is 3.55. The van der Waals surface area contributed by atoms with Crippen molar-refractivity contribution in [3.63, 3.8) is 0 Å². The van der Waals surface area contributed by atoms with Crippen LogP contribution in [0, 0.1) is 0 Å². The second-order valence-electron chi connectivity index (χ2n) is 4.93. The topological polar surface area (TPSA) is 53.1 Å². The first-order valence-electron chi connectivity index (χ1n) is 7.09. The van der Waals surface area contributed by atoms with Crippen LogP contribution in [0.3, 0.4) is 0 Å². The molecule has 0 atom stereocenters. The maximum atomic E-state index is 5.73. The average Bonchev–Trinajstić information content (AvgIpc) is 3.11. The lowest BCUT2D eigenvalue weighted by atomic mass is 10.2. The Bertz CT molecular complexity index is 760. The first-order chi connectivity index (χ1) is 10.3. The number of fused-ring (bicyclic) bond motifs is 1. The van der Waals surface area contributed by atoms with Gasteiger partial charge in [-0.15, -0.1) is 11.3 Å². The fourth-order valence-corrected chi connectivity index (χ4v) is 3.40. The molecular weight excluding hydrogens is 282 g/mol. The molecule has 0 bridgehead atoms. The summed E-state index contributed by atoms with van der Waals surface area (Å²) in [4.78, 5) is 5.91. The van der Waals surface area contributed by atoms with Crippen molar-refractivity contribution in [3.05, 3.63) is 35.2 Å². The summed E-state index contributed by atoms with van der Waals surface area (Å²) < 4.78 is 7.72. The third-order valence-corrected chi connectivity index (χ3v) is 4.44. The van der Waals surface area contributed by atoms with Gasteiger partial charge in [-0.3, -0.25) is 0 Å². The lowest BCUT2D eigenvalue weighted by Gasteiger charge is -2.08. The van der Waals surface area contributed by atoms with Crippen LogP contribution < -0.4 is 10.5 Å². The van der Waals surface area contributed by atoms with Crippen LogP contribution in [0.4, 0.5) is 0 Å². The van der Waals surface area contributed by atoms with Gasteiger partial charge in [0.2, 0.25) is 0 Å². The van der Waals surface area contributed by atoms with E-state index < -0.39 is 0 Å². The van der Waals surface area contributed by atoms with Gasteiger partial charge in [0.1, 0.15) is 10.6 Å². The SMILES string of the molecule is CCCn1c(-c2sccc2OC)nc2cc(CN)ccc21. The number of benzene rings is 1. The van der Waals surface area contributed by atoms with Crippen LogP contribution >= 0.6 is 11.3 Å². The number of imidazole rings is 1. The third kappa shape index (κ3) is 2.43. The Kier molecular flexibility index (Phi) is 3.94. The van der Waals surface area contributed by atoms with Crippen molar-refractivity contribution in [1.29, 1.82) is 0 Å². The van der Waals surface area contributed by atoms with Crippen LogP contribution in [0.25, 0.3) is 21.7 Å². The molecule has 0 aliphatic heterocycles. The molecule has 0 saturated heterocycles. The first kappa shape index (κ1) is 14.1. The Morgan fingerprint density at radius 1 is 1.33 bits per heavy atom. The van der Waals surface area contributed by atoms with E-state index in [2.05, 4.69) is 29.7 Å². The smallest absolute Gasteiger partial charge is 0.155 e. The zero-order chi connectivity index (χ0) is 14.8. The Balaban J connectivity index is 2.23. The molecule has 3 aromatic rings. The fraction of sp³-hybridized carbons (Fsp3) is 0.312. The van der Waals surface area contributed by atoms with Crippen molar-refractivity contribution in [3.8, 4) is 16.5 Å². The molecule has 0 unspecified atom stereocenters. The number of ether oxygens (including phenoxy) is 1. The molecule has 0 spiro atoms. The normalized spacial score (nSPS) is 11.2. The van der Waals surface area contributed by atoms with Crippen molar-refractivity contribution in [2.24, 2.45) is 5.73 Å². The maximum Gasteiger partial charge on any atom is 0.155 e. The second kappa shape index (κ2) is 5.87. The summed E-state index contributed by atoms with van der Waals surface area (Å²) in [6, 6.07) is 8.25. The van der Waals surface area contributed by atoms with E-state index in [9.17, 15) is 0 Å². The van der Waals surface area contributed by atoms with Gasteiger partial charge in [0.25, 0.3) is 0 Å². The molecule has 0 aliphatic rings. The molecule has 2 aromatic heterocycles. The summed E-state index contributed by atoms with van der Waals surface area (Å²) in [5.74, 6) is 1.86. The van der Waals surface area contributed by atoms with Crippen molar-refractivity contribution < 1.29 is 4.74 Å². The molecule has 110 valence electrons. The fourth-order valence-electron chi connectivity index (χ4n) is 2.55. The predicted octanol–water partition coefficient (Wildman–Crippen LogP) is 3.64. The highest BCUT2D eigenvalue weighted by Gasteiger charge is 2.17. The quantitative estimate of drug-likeness (QED) is 0.782. The van der Waals surface area contributed by atoms with Crippen LogP contribution in [0.15, 0.2) is 29.6 Å². The number of aromatic nitrogens is 2. The predicted molar refractivity (Wildman–Crippen MR) is 87.8 cm³/mol. The number of nitrogens with zero attached hydrogens (tertiary/aromatic N) is 2. The van der Waals surface area contributed by atoms with Crippen molar-refractivity contribution in [1.82, 2.24) is 9.55 Å². The van der Waals surface area contributed by atoms with E-state index in [0.717, 1.165) is 46.0 Å². The summed E-state index contributed by atoms with van der Waals surface area (Å²) in [6.45, 7) is 3.65. The molecule has 21 heavy (non-hydrogen) atoms. The van der Waals surface area contributed by atoms with Gasteiger partial charge in [-0.1, -0.05) is 13.0 Å². The average molecular weight is 301 g/mol. The summed E-state index contributed by atoms with van der Waals surface area (Å²) in [7, 11) is 1.70. The van der Waals surface area contributed by atoms with Gasteiger partial charge in [-0.2, -0.15) is 0 Å². The summed E-state index contributed by atoms with van der Waals surface area (Å²) in [6.07, 6.45) is 1.06. The number of rotatable bonds is 5. The Morgan fingerprint density at radius 3 is 2.90 bits per heavy atom. The van der Waals surface area contributed by atoms with E-state index in [-0.39, 0.29) is 0 Å². The molecule has 0 fully saturated rings. The minimum absolute atomic E-state index is 0.536. The minimum atomic E-state index is 0.536. The zero-order valence-corrected chi connectivity index (χ0v) is 13.1. The number of aryl methyl sites for hydroxylation is 1. The second-order valence-corrected chi connectivity index (χ2v) is 5.85. The van der Waals surface area contributed by atoms with Gasteiger partial charge < -0.3 is 15.0 Å². The van der Waals surface area contributed by atoms with Crippen LogP contribution in [-0.4, -0.2) is 16.7 Å². The monoisotopic (exact) mass is 301 g/mol. The molecular formula is C16H19N3OS. The molecule has 2 N–H and O–H groups in total. The molecule has 0 radical (unpaired) electrons. The van der Waals surface area contributed by atoms with Crippen LogP contribution in [0.1, 0.15) is 18.9 Å². The Hall–Kier alpha value is -1.85. The molecule has 5 heteroatoms. The summed E-state index contributed by atoms with van der Waals surface area (Å²) >= 11 is 1.66. The molecule has 1 aromatic carbocycles. The molecule has 0 saturated carbocycles. The zero-order valence-electron chi connectivity index (χ0n) is 12.3. The molecule has 0 amide bonds. The number of nitrogens with two attached hydrogens (primary N) is 1. The highest BCUT2D eigenvalue weighted by Crippen LogP contribution is 2.36. The van der Waals surface area contributed by atoms with E-state index in [1.807, 2.05) is 11.4 Å². The van der Waals surface area contributed by atoms with E-state index in [1.54, 1.807) is 18.4 Å². The lowest BCUT2D eigenvalue weighted by Crippen LogP contribution is -2.00. The molecule has 0 aliphatic carbocycles. The highest BCUT2D eigenvalue weighted by atomic mass is 32.1. The molecule has 2 heterocycles. The summed E-state index contributed by atoms with van der Waals surface area (Å²) in [5.41, 5.74) is 8.99. The van der Waals surface area contributed by atoms with Gasteiger partial charge in [-0.25, -0.2) is 4.98 Å². The summed E-state index contributed by atoms with van der Waals surface area (Å²) in [5, 5.41) is 2.04. The number of methoxy groups -OCH3 is 1. The van der Waals surface area contributed by atoms with Crippen molar-refractivity contribution in [2.45, 2.75) is 26.4 Å². The Morgan fingerprint density at radius 2 is 2.19 bits per heavy atom. The van der Waals surface area contributed by atoms with Crippen LogP contribution in [-0.2, 0) is 13.1 Å². The standard InChI is InChI=1S/C16H19N3OS/c1-3-7-19-13-5-4-11(10-17)9-12(13)18-16(19)15-14(20-2)6-8-21-15/h4-6,8-9H,3,7,10,17H2,1-2H3. The van der Waals surface area contributed by atoms with E-state index in [1.165, 1.54) is 0 Å². The van der Waals surface area contributed by atoms with Gasteiger partial charge in [0.15, 0.2) is 5.82 Å². The lowest BCUT2D eigenvalue weighted by molar-refractivity contribution is 0.417. The van der Waals surface area contributed by atoms with Crippen LogP contribution in [0.2, 0.25) is 0 Å². The van der Waals surface area contributed by atoms with Crippen molar-refractivity contribution >= 4 is 22.4 Å². The highest BCUT2D eigenvalue weighted by molar-refractivity contribution is 7.13. The van der Waals surface area contributed by atoms with E-state index >= 15 is 0 Å². The van der Waals surface area contributed by atoms with Gasteiger partial charge >= 0.3 is 0 Å². The Labute approximate surface area is 128 Å². The van der Waals surface area contributed by atoms with Crippen molar-refractivity contribution in [2.75, 3.05) is 7.11 Å². The van der Waals surface area contributed by atoms with Gasteiger partial charge in [-0.05, 0) is 35.6 Å². The number of hydrogen-bond acceptors (Lipinski definition) is 4. The number of hydrogen-bond donors (Lipinski definition) is 1. The van der Waals surface area contributed by atoms with E-state index in [4.69, 9.17) is 15.5 Å². The van der Waals surface area contributed by atoms with Gasteiger partial charge in [0, 0.05) is 13.1 Å². The maximum absolute atomic E-state index is 5.73. The van der Waals surface area contributed by atoms with E-state index in [0.29, 0.717) is 6.54 Å². The molecule has 3 rings (SSSR count). The molecule has 4 nitrogen and oxygen atoms in total. The minimum Gasteiger partial charge on any atom is -0.495 e. The largest absolute Gasteiger partial charge is 0.495 e. The first-order valence-corrected chi connectivity index (χ1v) is 7.97. The van der Waals surface area contributed by atoms with Crippen LogP contribution in [0.5, 0.6) is 5.75 Å².